The van der Waals surface area contributed by atoms with Crippen molar-refractivity contribution in [3.8, 4) is 5.75 Å². The molecule has 0 radical (unpaired) electrons. The number of piperidine rings is 1. The molecule has 118 valence electrons. The highest BCUT2D eigenvalue weighted by Crippen LogP contribution is 2.26. The Kier molecular flexibility index (Phi) is 5.86. The van der Waals surface area contributed by atoms with Crippen LogP contribution in [0.4, 0.5) is 13.2 Å². The van der Waals surface area contributed by atoms with Gasteiger partial charge in [0.15, 0.2) is 17.4 Å². The Morgan fingerprint density at radius 1 is 1.38 bits per heavy atom. The summed E-state index contributed by atoms with van der Waals surface area (Å²) in [7, 11) is 0. The van der Waals surface area contributed by atoms with Crippen LogP contribution in [0.5, 0.6) is 5.75 Å². The van der Waals surface area contributed by atoms with E-state index in [1.165, 1.54) is 0 Å². The van der Waals surface area contributed by atoms with Crippen LogP contribution in [0, 0.1) is 17.5 Å². The molecule has 1 aliphatic rings. The van der Waals surface area contributed by atoms with Crippen molar-refractivity contribution in [2.24, 2.45) is 0 Å². The third-order valence-corrected chi connectivity index (χ3v) is 3.34. The minimum atomic E-state index is -1.70. The molecule has 1 amide bonds. The zero-order valence-corrected chi connectivity index (χ0v) is 12.1. The molecule has 0 saturated carbocycles. The number of carbonyl (C=O) groups excluding carboxylic acids is 1. The lowest BCUT2D eigenvalue weighted by Crippen LogP contribution is -2.46. The van der Waals surface area contributed by atoms with Crippen LogP contribution < -0.4 is 10.6 Å². The second-order valence-electron chi connectivity index (χ2n) is 4.93. The second kappa shape index (κ2) is 7.00. The molecule has 1 aliphatic heterocycles. The molecule has 1 aromatic carbocycles. The number of phenolic OH excluding ortho intramolecular Hbond substituents is 1. The first-order valence-electron chi connectivity index (χ1n) is 6.31. The molecule has 1 saturated heterocycles. The van der Waals surface area contributed by atoms with Crippen molar-refractivity contribution in [2.45, 2.75) is 31.8 Å². The summed E-state index contributed by atoms with van der Waals surface area (Å²) in [6.45, 7) is 2.65. The Morgan fingerprint density at radius 2 is 2.05 bits per heavy atom. The first-order chi connectivity index (χ1) is 9.40. The zero-order valence-electron chi connectivity index (χ0n) is 11.3. The third-order valence-electron chi connectivity index (χ3n) is 3.34. The van der Waals surface area contributed by atoms with Crippen molar-refractivity contribution < 1.29 is 23.1 Å². The second-order valence-corrected chi connectivity index (χ2v) is 4.93. The molecule has 2 unspecified atom stereocenters. The van der Waals surface area contributed by atoms with Gasteiger partial charge in [0.25, 0.3) is 5.91 Å². The maximum absolute atomic E-state index is 13.6. The summed E-state index contributed by atoms with van der Waals surface area (Å²) in [4.78, 5) is 11.9. The van der Waals surface area contributed by atoms with E-state index in [0.29, 0.717) is 25.5 Å². The number of amides is 1. The molecule has 2 atom stereocenters. The van der Waals surface area contributed by atoms with Gasteiger partial charge >= 0.3 is 0 Å². The number of hydrogen-bond donors (Lipinski definition) is 3. The molecule has 4 nitrogen and oxygen atoms in total. The van der Waals surface area contributed by atoms with E-state index in [-0.39, 0.29) is 24.5 Å². The number of halogens is 4. The number of benzene rings is 1. The van der Waals surface area contributed by atoms with Gasteiger partial charge in [0.1, 0.15) is 0 Å². The standard InChI is InChI=1S/C13H15F3N2O2.ClH/c1-6-4-7(2-3-17-6)18-13(20)8-5-9(14)11(16)12(19)10(8)15;/h5-7,17,19H,2-4H2,1H3,(H,18,20);1H. The minimum Gasteiger partial charge on any atom is -0.503 e. The normalized spacial score (nSPS) is 21.5. The van der Waals surface area contributed by atoms with Crippen LogP contribution in [-0.4, -0.2) is 29.6 Å². The SMILES string of the molecule is CC1CC(NC(=O)c2cc(F)c(F)c(O)c2F)CCN1.Cl. The zero-order chi connectivity index (χ0) is 14.9. The molecule has 1 fully saturated rings. The van der Waals surface area contributed by atoms with E-state index >= 15 is 0 Å². The molecule has 21 heavy (non-hydrogen) atoms. The van der Waals surface area contributed by atoms with Crippen LogP contribution in [-0.2, 0) is 0 Å². The summed E-state index contributed by atoms with van der Waals surface area (Å²) in [5.41, 5.74) is -0.701. The van der Waals surface area contributed by atoms with Gasteiger partial charge in [0.2, 0.25) is 5.82 Å². The van der Waals surface area contributed by atoms with Crippen LogP contribution in [0.1, 0.15) is 30.1 Å². The number of rotatable bonds is 2. The van der Waals surface area contributed by atoms with E-state index in [1.807, 2.05) is 6.92 Å². The molecule has 1 heterocycles. The number of carbonyl (C=O) groups is 1. The third kappa shape index (κ3) is 3.79. The molecule has 0 bridgehead atoms. The Hall–Kier alpha value is -1.47. The van der Waals surface area contributed by atoms with Crippen LogP contribution in [0.25, 0.3) is 0 Å². The first kappa shape index (κ1) is 17.6. The van der Waals surface area contributed by atoms with Crippen molar-refractivity contribution in [3.63, 3.8) is 0 Å². The van der Waals surface area contributed by atoms with Crippen molar-refractivity contribution in [1.29, 1.82) is 0 Å². The molecule has 8 heteroatoms. The topological polar surface area (TPSA) is 61.4 Å². The number of aromatic hydroxyl groups is 1. The molecule has 3 N–H and O–H groups in total. The number of phenols is 1. The van der Waals surface area contributed by atoms with E-state index in [0.717, 1.165) is 0 Å². The van der Waals surface area contributed by atoms with Crippen LogP contribution in [0.2, 0.25) is 0 Å². The summed E-state index contributed by atoms with van der Waals surface area (Å²) >= 11 is 0. The maximum Gasteiger partial charge on any atom is 0.254 e. The molecule has 0 aliphatic carbocycles. The lowest BCUT2D eigenvalue weighted by Gasteiger charge is -2.28. The van der Waals surface area contributed by atoms with Gasteiger partial charge in [-0.25, -0.2) is 8.78 Å². The van der Waals surface area contributed by atoms with Crippen molar-refractivity contribution in [3.05, 3.63) is 29.1 Å². The fourth-order valence-electron chi connectivity index (χ4n) is 2.28. The predicted molar refractivity (Wildman–Crippen MR) is 73.2 cm³/mol. The lowest BCUT2D eigenvalue weighted by molar-refractivity contribution is 0.0919. The van der Waals surface area contributed by atoms with Crippen LogP contribution >= 0.6 is 12.4 Å². The molecule has 2 rings (SSSR count). The van der Waals surface area contributed by atoms with Crippen molar-refractivity contribution in [1.82, 2.24) is 10.6 Å². The monoisotopic (exact) mass is 324 g/mol. The summed E-state index contributed by atoms with van der Waals surface area (Å²) in [5.74, 6) is -6.96. The van der Waals surface area contributed by atoms with Crippen molar-refractivity contribution >= 4 is 18.3 Å². The molecular weight excluding hydrogens is 309 g/mol. The predicted octanol–water partition coefficient (Wildman–Crippen LogP) is 2.10. The Balaban J connectivity index is 0.00000220. The average molecular weight is 325 g/mol. The van der Waals surface area contributed by atoms with Gasteiger partial charge in [-0.15, -0.1) is 12.4 Å². The fourth-order valence-corrected chi connectivity index (χ4v) is 2.28. The van der Waals surface area contributed by atoms with Crippen LogP contribution in [0.3, 0.4) is 0 Å². The quantitative estimate of drug-likeness (QED) is 0.730. The van der Waals surface area contributed by atoms with Gasteiger partial charge < -0.3 is 15.7 Å². The first-order valence-corrected chi connectivity index (χ1v) is 6.31. The maximum atomic E-state index is 13.6. The van der Waals surface area contributed by atoms with Gasteiger partial charge in [-0.2, -0.15) is 4.39 Å². The fraction of sp³-hybridized carbons (Fsp3) is 0.462. The largest absolute Gasteiger partial charge is 0.503 e. The molecular formula is C13H16ClF3N2O2. The van der Waals surface area contributed by atoms with Gasteiger partial charge in [0.05, 0.1) is 5.56 Å². The molecule has 0 spiro atoms. The van der Waals surface area contributed by atoms with Gasteiger partial charge in [-0.1, -0.05) is 0 Å². The smallest absolute Gasteiger partial charge is 0.254 e. The minimum absolute atomic E-state index is 0. The number of nitrogens with one attached hydrogen (secondary N) is 2. The van der Waals surface area contributed by atoms with Crippen LogP contribution in [0.15, 0.2) is 6.07 Å². The molecule has 1 aromatic rings. The van der Waals surface area contributed by atoms with E-state index in [1.54, 1.807) is 0 Å². The van der Waals surface area contributed by atoms with Gasteiger partial charge in [-0.05, 0) is 32.4 Å². The Morgan fingerprint density at radius 3 is 2.67 bits per heavy atom. The number of hydrogen-bond acceptors (Lipinski definition) is 3. The Labute approximate surface area is 126 Å². The molecule has 0 aromatic heterocycles. The van der Waals surface area contributed by atoms with E-state index in [4.69, 9.17) is 5.11 Å². The van der Waals surface area contributed by atoms with E-state index < -0.39 is 34.7 Å². The van der Waals surface area contributed by atoms with E-state index in [9.17, 15) is 18.0 Å². The summed E-state index contributed by atoms with van der Waals surface area (Å²) in [6, 6.07) is 0.482. The Bertz CT molecular complexity index is 543. The lowest BCUT2D eigenvalue weighted by atomic mass is 10.00. The highest BCUT2D eigenvalue weighted by Gasteiger charge is 2.25. The van der Waals surface area contributed by atoms with E-state index in [2.05, 4.69) is 10.6 Å². The summed E-state index contributed by atoms with van der Waals surface area (Å²) in [5, 5.41) is 14.8. The highest BCUT2D eigenvalue weighted by molar-refractivity contribution is 5.95. The summed E-state index contributed by atoms with van der Waals surface area (Å²) in [6.07, 6.45) is 1.32. The van der Waals surface area contributed by atoms with Crippen molar-refractivity contribution in [2.75, 3.05) is 6.54 Å². The highest BCUT2D eigenvalue weighted by atomic mass is 35.5. The summed E-state index contributed by atoms with van der Waals surface area (Å²) < 4.78 is 39.7. The van der Waals surface area contributed by atoms with Gasteiger partial charge in [0, 0.05) is 12.1 Å². The van der Waals surface area contributed by atoms with Gasteiger partial charge in [-0.3, -0.25) is 4.79 Å². The average Bonchev–Trinajstić information content (AvgIpc) is 2.40.